The lowest BCUT2D eigenvalue weighted by Gasteiger charge is -2.16. The van der Waals surface area contributed by atoms with Gasteiger partial charge in [-0.3, -0.25) is 9.36 Å². The lowest BCUT2D eigenvalue weighted by molar-refractivity contribution is -0.127. The number of nitrogens with two attached hydrogens (primary N) is 1. The van der Waals surface area contributed by atoms with E-state index in [4.69, 9.17) is 5.73 Å². The molecule has 0 saturated heterocycles. The smallest absolute Gasteiger partial charge is 0.233 e. The van der Waals surface area contributed by atoms with Gasteiger partial charge in [0.05, 0.1) is 5.75 Å². The minimum Gasteiger partial charge on any atom is -0.368 e. The van der Waals surface area contributed by atoms with Gasteiger partial charge in [0.2, 0.25) is 11.9 Å². The summed E-state index contributed by atoms with van der Waals surface area (Å²) in [7, 11) is 1.82. The van der Waals surface area contributed by atoms with Crippen LogP contribution in [0.15, 0.2) is 22.0 Å². The molecule has 3 rings (SSSR count). The molecule has 0 radical (unpaired) electrons. The van der Waals surface area contributed by atoms with Crippen molar-refractivity contribution in [1.29, 1.82) is 0 Å². The molecule has 2 aromatic rings. The Bertz CT molecular complexity index is 621. The van der Waals surface area contributed by atoms with Gasteiger partial charge in [-0.05, 0) is 35.2 Å². The van der Waals surface area contributed by atoms with Crippen LogP contribution in [0.25, 0.3) is 0 Å². The van der Waals surface area contributed by atoms with Crippen LogP contribution in [-0.2, 0) is 11.3 Å². The van der Waals surface area contributed by atoms with E-state index in [0.29, 0.717) is 24.3 Å². The minimum atomic E-state index is 0.0788. The second kappa shape index (κ2) is 6.07. The number of anilines is 1. The van der Waals surface area contributed by atoms with Crippen molar-refractivity contribution in [1.82, 2.24) is 19.7 Å². The van der Waals surface area contributed by atoms with Crippen LogP contribution < -0.4 is 5.73 Å². The lowest BCUT2D eigenvalue weighted by atomic mass is 10.3. The first-order chi connectivity index (χ1) is 10.1. The number of nitrogen functional groups attached to an aromatic ring is 1. The number of carbonyl (C=O) groups is 1. The summed E-state index contributed by atoms with van der Waals surface area (Å²) in [5, 5.41) is 12.8. The van der Waals surface area contributed by atoms with Crippen molar-refractivity contribution < 1.29 is 4.79 Å². The van der Waals surface area contributed by atoms with Crippen molar-refractivity contribution in [3.05, 3.63) is 22.4 Å². The fraction of sp³-hybridized carbons (Fsp3) is 0.462. The second-order valence-electron chi connectivity index (χ2n) is 5.11. The first kappa shape index (κ1) is 14.4. The average molecular weight is 323 g/mol. The van der Waals surface area contributed by atoms with Gasteiger partial charge >= 0.3 is 0 Å². The molecule has 0 aliphatic heterocycles. The number of carbonyl (C=O) groups excluding carboxylic acids is 1. The number of hydrogen-bond donors (Lipinski definition) is 1. The van der Waals surface area contributed by atoms with Crippen molar-refractivity contribution in [2.75, 3.05) is 18.5 Å². The van der Waals surface area contributed by atoms with Gasteiger partial charge in [0, 0.05) is 19.6 Å². The molecule has 1 saturated carbocycles. The van der Waals surface area contributed by atoms with Crippen LogP contribution in [0.4, 0.5) is 5.95 Å². The third-order valence-electron chi connectivity index (χ3n) is 3.35. The number of aromatic nitrogens is 3. The molecule has 2 heterocycles. The first-order valence-electron chi connectivity index (χ1n) is 6.73. The van der Waals surface area contributed by atoms with Gasteiger partial charge in [0.1, 0.15) is 0 Å². The van der Waals surface area contributed by atoms with Crippen LogP contribution in [0.2, 0.25) is 0 Å². The molecule has 6 nitrogen and oxygen atoms in total. The standard InChI is InChI=1S/C13H17N5OS2/c1-17(6-9-4-5-20-7-9)11(19)8-21-13-16-15-12(14)18(13)10-2-3-10/h4-5,7,10H,2-3,6,8H2,1H3,(H2,14,15). The highest BCUT2D eigenvalue weighted by atomic mass is 32.2. The van der Waals surface area contributed by atoms with E-state index in [0.717, 1.165) is 23.6 Å². The Morgan fingerprint density at radius 3 is 3.05 bits per heavy atom. The fourth-order valence-corrected chi connectivity index (χ4v) is 3.66. The maximum atomic E-state index is 12.2. The molecule has 1 aliphatic carbocycles. The van der Waals surface area contributed by atoms with Crippen molar-refractivity contribution in [3.8, 4) is 0 Å². The Morgan fingerprint density at radius 2 is 2.38 bits per heavy atom. The van der Waals surface area contributed by atoms with E-state index in [-0.39, 0.29) is 5.91 Å². The van der Waals surface area contributed by atoms with Crippen LogP contribution in [-0.4, -0.2) is 38.4 Å². The van der Waals surface area contributed by atoms with Crippen LogP contribution in [0, 0.1) is 0 Å². The summed E-state index contributed by atoms with van der Waals surface area (Å²) >= 11 is 3.05. The maximum Gasteiger partial charge on any atom is 0.233 e. The quantitative estimate of drug-likeness (QED) is 0.823. The number of nitrogens with zero attached hydrogens (tertiary/aromatic N) is 4. The Balaban J connectivity index is 1.56. The van der Waals surface area contributed by atoms with E-state index in [1.165, 1.54) is 11.8 Å². The summed E-state index contributed by atoms with van der Waals surface area (Å²) in [6, 6.07) is 2.45. The van der Waals surface area contributed by atoms with Gasteiger partial charge in [-0.2, -0.15) is 11.3 Å². The highest BCUT2D eigenvalue weighted by molar-refractivity contribution is 7.99. The molecule has 0 unspecified atom stereocenters. The Morgan fingerprint density at radius 1 is 1.57 bits per heavy atom. The summed E-state index contributed by atoms with van der Waals surface area (Å²) in [5.41, 5.74) is 6.98. The predicted molar refractivity (Wildman–Crippen MR) is 84.2 cm³/mol. The molecular formula is C13H17N5OS2. The van der Waals surface area contributed by atoms with Crippen LogP contribution in [0.5, 0.6) is 0 Å². The van der Waals surface area contributed by atoms with Gasteiger partial charge in [0.25, 0.3) is 0 Å². The molecule has 2 N–H and O–H groups in total. The van der Waals surface area contributed by atoms with Crippen LogP contribution in [0.3, 0.4) is 0 Å². The third-order valence-corrected chi connectivity index (χ3v) is 5.01. The minimum absolute atomic E-state index is 0.0788. The Hall–Kier alpha value is -1.54. The van der Waals surface area contributed by atoms with Gasteiger partial charge in [-0.25, -0.2) is 0 Å². The Kier molecular flexibility index (Phi) is 4.16. The molecule has 0 aromatic carbocycles. The highest BCUT2D eigenvalue weighted by Crippen LogP contribution is 2.39. The van der Waals surface area contributed by atoms with Crippen molar-refractivity contribution in [3.63, 3.8) is 0 Å². The summed E-state index contributed by atoms with van der Waals surface area (Å²) in [5.74, 6) is 0.875. The van der Waals surface area contributed by atoms with Crippen molar-refractivity contribution in [2.24, 2.45) is 0 Å². The lowest BCUT2D eigenvalue weighted by Crippen LogP contribution is -2.27. The molecule has 0 bridgehead atoms. The predicted octanol–water partition coefficient (Wildman–Crippen LogP) is 2.01. The molecular weight excluding hydrogens is 306 g/mol. The zero-order valence-corrected chi connectivity index (χ0v) is 13.4. The van der Waals surface area contributed by atoms with Crippen molar-refractivity contribution in [2.45, 2.75) is 30.6 Å². The average Bonchev–Trinajstić information content (AvgIpc) is 3.04. The maximum absolute atomic E-state index is 12.2. The van der Waals surface area contributed by atoms with Gasteiger partial charge in [0.15, 0.2) is 5.16 Å². The molecule has 0 atom stereocenters. The number of hydrogen-bond acceptors (Lipinski definition) is 6. The van der Waals surface area contributed by atoms with E-state index in [2.05, 4.69) is 15.6 Å². The van der Waals surface area contributed by atoms with Crippen LogP contribution >= 0.6 is 23.1 Å². The molecule has 21 heavy (non-hydrogen) atoms. The van der Waals surface area contributed by atoms with Gasteiger partial charge in [-0.1, -0.05) is 11.8 Å². The summed E-state index contributed by atoms with van der Waals surface area (Å²) in [4.78, 5) is 13.9. The van der Waals surface area contributed by atoms with Gasteiger partial charge in [-0.15, -0.1) is 10.2 Å². The molecule has 2 aromatic heterocycles. The van der Waals surface area contributed by atoms with E-state index >= 15 is 0 Å². The third kappa shape index (κ3) is 3.38. The van der Waals surface area contributed by atoms with E-state index < -0.39 is 0 Å². The normalized spacial score (nSPS) is 14.3. The summed E-state index contributed by atoms with van der Waals surface area (Å²) in [6.07, 6.45) is 2.23. The molecule has 0 spiro atoms. The second-order valence-corrected chi connectivity index (χ2v) is 6.83. The van der Waals surface area contributed by atoms with Crippen LogP contribution in [0.1, 0.15) is 24.4 Å². The highest BCUT2D eigenvalue weighted by Gasteiger charge is 2.29. The number of thiophene rings is 1. The molecule has 1 fully saturated rings. The number of rotatable bonds is 6. The molecule has 112 valence electrons. The molecule has 8 heteroatoms. The largest absolute Gasteiger partial charge is 0.368 e. The van der Waals surface area contributed by atoms with Crippen molar-refractivity contribution >= 4 is 35.0 Å². The zero-order valence-electron chi connectivity index (χ0n) is 11.7. The SMILES string of the molecule is CN(Cc1ccsc1)C(=O)CSc1nnc(N)n1C1CC1. The Labute approximate surface area is 131 Å². The fourth-order valence-electron chi connectivity index (χ4n) is 2.04. The van der Waals surface area contributed by atoms with Gasteiger partial charge < -0.3 is 10.6 Å². The topological polar surface area (TPSA) is 77.0 Å². The number of thioether (sulfide) groups is 1. The summed E-state index contributed by atoms with van der Waals surface area (Å²) < 4.78 is 1.94. The van der Waals surface area contributed by atoms with E-state index in [9.17, 15) is 4.79 Å². The first-order valence-corrected chi connectivity index (χ1v) is 8.66. The summed E-state index contributed by atoms with van der Waals surface area (Å²) in [6.45, 7) is 0.639. The monoisotopic (exact) mass is 323 g/mol. The zero-order chi connectivity index (χ0) is 14.8. The van der Waals surface area contributed by atoms with E-state index in [1.807, 2.05) is 23.1 Å². The molecule has 1 aliphatic rings. The number of amides is 1. The van der Waals surface area contributed by atoms with E-state index in [1.54, 1.807) is 16.2 Å². The molecule has 1 amide bonds.